The van der Waals surface area contributed by atoms with Crippen molar-refractivity contribution < 1.29 is 0 Å². The zero-order chi connectivity index (χ0) is 23.0. The lowest BCUT2D eigenvalue weighted by Crippen LogP contribution is -2.08. The van der Waals surface area contributed by atoms with Gasteiger partial charge in [-0.25, -0.2) is 0 Å². The van der Waals surface area contributed by atoms with E-state index in [1.807, 2.05) is 0 Å². The maximum atomic E-state index is 3.72. The van der Waals surface area contributed by atoms with E-state index >= 15 is 0 Å². The Labute approximate surface area is 203 Å². The van der Waals surface area contributed by atoms with Crippen LogP contribution in [0.4, 0.5) is 0 Å². The normalized spacial score (nSPS) is 10.8. The van der Waals surface area contributed by atoms with Gasteiger partial charge in [0, 0.05) is 0 Å². The fraction of sp³-hybridized carbons (Fsp3) is 0.118. The molecule has 0 saturated carbocycles. The van der Waals surface area contributed by atoms with Crippen molar-refractivity contribution in [1.29, 1.82) is 0 Å². The number of rotatable bonds is 8. The van der Waals surface area contributed by atoms with Gasteiger partial charge >= 0.3 is 0 Å². The number of hydrogen-bond acceptors (Lipinski definition) is 0. The Morgan fingerprint density at radius 2 is 0.765 bits per heavy atom. The van der Waals surface area contributed by atoms with Crippen LogP contribution in [0.25, 0.3) is 0 Å². The van der Waals surface area contributed by atoms with Gasteiger partial charge in [-0.05, 0) is 76.3 Å². The Morgan fingerprint density at radius 1 is 0.382 bits per heavy atom. The maximum absolute atomic E-state index is 3.72. The molecule has 0 aliphatic heterocycles. The van der Waals surface area contributed by atoms with Gasteiger partial charge in [-0.3, -0.25) is 0 Å². The minimum Gasteiger partial charge on any atom is -0.0622 e. The number of hydrogen-bond donors (Lipinski definition) is 0. The lowest BCUT2D eigenvalue weighted by molar-refractivity contribution is 0.993. The molecule has 0 aliphatic rings. The molecule has 165 valence electrons. The van der Waals surface area contributed by atoms with Crippen LogP contribution in [0.3, 0.4) is 0 Å². The summed E-state index contributed by atoms with van der Waals surface area (Å²) in [5, 5.41) is 0. The summed E-state index contributed by atoms with van der Waals surface area (Å²) >= 11 is 0. The van der Waals surface area contributed by atoms with Crippen molar-refractivity contribution in [2.75, 3.05) is 0 Å². The Kier molecular flexibility index (Phi) is 6.97. The first-order chi connectivity index (χ1) is 16.8. The zero-order valence-electron chi connectivity index (χ0n) is 19.5. The average molecular weight is 438 g/mol. The Balaban J connectivity index is 1.63. The largest absolute Gasteiger partial charge is 0.0622 e. The third-order valence-electron chi connectivity index (χ3n) is 6.45. The van der Waals surface area contributed by atoms with E-state index in [4.69, 9.17) is 0 Å². The molecule has 5 aromatic carbocycles. The van der Waals surface area contributed by atoms with Crippen molar-refractivity contribution >= 4 is 0 Å². The summed E-state index contributed by atoms with van der Waals surface area (Å²) in [5.74, 6) is 0. The first-order valence-electron chi connectivity index (χ1n) is 12.0. The predicted octanol–water partition coefficient (Wildman–Crippen LogP) is 7.85. The highest BCUT2D eigenvalue weighted by Crippen LogP contribution is 2.28. The molecule has 0 unspecified atom stereocenters. The highest BCUT2D eigenvalue weighted by Gasteiger charge is 2.16. The fourth-order valence-corrected chi connectivity index (χ4v) is 4.69. The molecule has 0 fully saturated rings. The van der Waals surface area contributed by atoms with Crippen molar-refractivity contribution in [1.82, 2.24) is 0 Å². The molecule has 0 heterocycles. The van der Waals surface area contributed by atoms with E-state index in [1.54, 1.807) is 0 Å². The van der Waals surface area contributed by atoms with Gasteiger partial charge in [0.2, 0.25) is 0 Å². The number of benzene rings is 5. The van der Waals surface area contributed by atoms with Crippen LogP contribution in [0.15, 0.2) is 127 Å². The second-order valence-corrected chi connectivity index (χ2v) is 8.90. The summed E-state index contributed by atoms with van der Waals surface area (Å²) in [5.41, 5.74) is 10.9. The SMILES string of the molecule is [c]1cc(Cc2ccccc2)c(Cc2ccccc2)c(Cc2ccccc2)c1Cc1ccccc1. The van der Waals surface area contributed by atoms with Gasteiger partial charge in [0.1, 0.15) is 0 Å². The third kappa shape index (κ3) is 5.53. The van der Waals surface area contributed by atoms with E-state index < -0.39 is 0 Å². The summed E-state index contributed by atoms with van der Waals surface area (Å²) in [6, 6.07) is 49.2. The second-order valence-electron chi connectivity index (χ2n) is 8.90. The van der Waals surface area contributed by atoms with Crippen molar-refractivity contribution in [2.24, 2.45) is 0 Å². The fourth-order valence-electron chi connectivity index (χ4n) is 4.69. The quantitative estimate of drug-likeness (QED) is 0.232. The third-order valence-corrected chi connectivity index (χ3v) is 6.45. The smallest absolute Gasteiger partial charge is 0.00167 e. The summed E-state index contributed by atoms with van der Waals surface area (Å²) in [4.78, 5) is 0. The van der Waals surface area contributed by atoms with Crippen molar-refractivity contribution in [2.45, 2.75) is 25.7 Å². The molecule has 0 heteroatoms. The molecule has 0 aromatic heterocycles. The van der Waals surface area contributed by atoms with Crippen molar-refractivity contribution in [3.8, 4) is 0 Å². The van der Waals surface area contributed by atoms with Gasteiger partial charge in [0.15, 0.2) is 0 Å². The van der Waals surface area contributed by atoms with Crippen LogP contribution >= 0.6 is 0 Å². The molecule has 0 amide bonds. The molecular formula is C34H29. The van der Waals surface area contributed by atoms with Gasteiger partial charge in [0.05, 0.1) is 0 Å². The lowest BCUT2D eigenvalue weighted by Gasteiger charge is -2.20. The van der Waals surface area contributed by atoms with Gasteiger partial charge in [-0.2, -0.15) is 0 Å². The second kappa shape index (κ2) is 10.8. The molecule has 5 aromatic rings. The average Bonchev–Trinajstić information content (AvgIpc) is 2.90. The molecule has 0 nitrogen and oxygen atoms in total. The Bertz CT molecular complexity index is 1200. The summed E-state index contributed by atoms with van der Waals surface area (Å²) in [6.45, 7) is 0. The molecule has 0 spiro atoms. The molecule has 0 bridgehead atoms. The van der Waals surface area contributed by atoms with Gasteiger partial charge in [-0.15, -0.1) is 0 Å². The predicted molar refractivity (Wildman–Crippen MR) is 142 cm³/mol. The minimum absolute atomic E-state index is 0.899. The highest BCUT2D eigenvalue weighted by molar-refractivity contribution is 5.48. The van der Waals surface area contributed by atoms with E-state index in [1.165, 1.54) is 44.5 Å². The van der Waals surface area contributed by atoms with E-state index in [0.717, 1.165) is 25.7 Å². The van der Waals surface area contributed by atoms with Crippen molar-refractivity contribution in [3.63, 3.8) is 0 Å². The molecule has 1 radical (unpaired) electrons. The molecule has 0 saturated heterocycles. The standard InChI is InChI=1S/C34H29/c1-5-13-27(14-6-1)23-31-21-22-32(24-28-15-7-2-8-16-28)34(26-30-19-11-4-12-20-30)33(31)25-29-17-9-3-10-18-29/h1-21H,23-26H2. The summed E-state index contributed by atoms with van der Waals surface area (Å²) in [6.07, 6.45) is 3.68. The van der Waals surface area contributed by atoms with Gasteiger partial charge in [0.25, 0.3) is 0 Å². The first-order valence-corrected chi connectivity index (χ1v) is 12.0. The molecule has 5 rings (SSSR count). The molecular weight excluding hydrogens is 408 g/mol. The van der Waals surface area contributed by atoms with Crippen LogP contribution in [-0.2, 0) is 25.7 Å². The minimum atomic E-state index is 0.899. The van der Waals surface area contributed by atoms with E-state index in [-0.39, 0.29) is 0 Å². The molecule has 34 heavy (non-hydrogen) atoms. The van der Waals surface area contributed by atoms with E-state index in [0.29, 0.717) is 0 Å². The highest BCUT2D eigenvalue weighted by atomic mass is 14.2. The summed E-state index contributed by atoms with van der Waals surface area (Å²) < 4.78 is 0. The Hall–Kier alpha value is -3.90. The summed E-state index contributed by atoms with van der Waals surface area (Å²) in [7, 11) is 0. The zero-order valence-corrected chi connectivity index (χ0v) is 19.5. The van der Waals surface area contributed by atoms with Crippen molar-refractivity contribution in [3.05, 3.63) is 178 Å². The van der Waals surface area contributed by atoms with Crippen LogP contribution in [0.5, 0.6) is 0 Å². The topological polar surface area (TPSA) is 0 Å². The van der Waals surface area contributed by atoms with Crippen LogP contribution < -0.4 is 0 Å². The van der Waals surface area contributed by atoms with E-state index in [9.17, 15) is 0 Å². The van der Waals surface area contributed by atoms with Gasteiger partial charge in [-0.1, -0.05) is 127 Å². The van der Waals surface area contributed by atoms with Crippen LogP contribution in [-0.4, -0.2) is 0 Å². The first kappa shape index (κ1) is 21.9. The molecule has 0 atom stereocenters. The van der Waals surface area contributed by atoms with Gasteiger partial charge < -0.3 is 0 Å². The lowest BCUT2D eigenvalue weighted by atomic mass is 9.84. The molecule has 0 aliphatic carbocycles. The molecule has 0 N–H and O–H groups in total. The maximum Gasteiger partial charge on any atom is -0.00167 e. The van der Waals surface area contributed by atoms with Crippen LogP contribution in [0.2, 0.25) is 0 Å². The van der Waals surface area contributed by atoms with Crippen LogP contribution in [0, 0.1) is 6.07 Å². The Morgan fingerprint density at radius 3 is 1.24 bits per heavy atom. The van der Waals surface area contributed by atoms with E-state index in [2.05, 4.69) is 133 Å². The van der Waals surface area contributed by atoms with Crippen LogP contribution in [0.1, 0.15) is 44.5 Å². The monoisotopic (exact) mass is 437 g/mol.